The molecule has 7 nitrogen and oxygen atoms in total. The summed E-state index contributed by atoms with van der Waals surface area (Å²) in [5.74, 6) is -0.304. The summed E-state index contributed by atoms with van der Waals surface area (Å²) in [4.78, 5) is 31.1. The summed E-state index contributed by atoms with van der Waals surface area (Å²) in [6, 6.07) is 21.0. The maximum absolute atomic E-state index is 12.7. The standard InChI is InChI=1S/C24H19N5O2S2/c30-22(15-29-12-4-11-26-29)27-17-6-3-5-16(13-17)14-25-23(31)20-9-10-21(32-20)24-28-18-7-1-2-8-19(18)33-24/h1-13H,14-15H2,(H,25,31)(H,27,30). The van der Waals surface area contributed by atoms with Crippen LogP contribution in [0.2, 0.25) is 0 Å². The van der Waals surface area contributed by atoms with E-state index in [1.165, 1.54) is 11.3 Å². The topological polar surface area (TPSA) is 88.9 Å². The number of thiophene rings is 1. The molecule has 5 aromatic rings. The number of hydrogen-bond acceptors (Lipinski definition) is 6. The predicted molar refractivity (Wildman–Crippen MR) is 131 cm³/mol. The molecule has 0 aliphatic carbocycles. The van der Waals surface area contributed by atoms with Crippen molar-refractivity contribution in [2.24, 2.45) is 0 Å². The number of nitrogens with zero attached hydrogens (tertiary/aromatic N) is 3. The molecule has 3 aromatic heterocycles. The second-order valence-corrected chi connectivity index (χ2v) is 9.40. The van der Waals surface area contributed by atoms with E-state index >= 15 is 0 Å². The van der Waals surface area contributed by atoms with Gasteiger partial charge in [0.2, 0.25) is 5.91 Å². The summed E-state index contributed by atoms with van der Waals surface area (Å²) in [5.41, 5.74) is 2.53. The predicted octanol–water partition coefficient (Wildman–Crippen LogP) is 4.79. The van der Waals surface area contributed by atoms with Gasteiger partial charge in [-0.25, -0.2) is 4.98 Å². The third-order valence-corrected chi connectivity index (χ3v) is 7.15. The van der Waals surface area contributed by atoms with E-state index < -0.39 is 0 Å². The van der Waals surface area contributed by atoms with Crippen molar-refractivity contribution < 1.29 is 9.59 Å². The first-order valence-electron chi connectivity index (χ1n) is 10.2. The third-order valence-electron chi connectivity index (χ3n) is 4.86. The number of benzene rings is 2. The van der Waals surface area contributed by atoms with Gasteiger partial charge in [0.05, 0.1) is 20.0 Å². The van der Waals surface area contributed by atoms with E-state index in [1.54, 1.807) is 34.5 Å². The van der Waals surface area contributed by atoms with Crippen LogP contribution in [-0.4, -0.2) is 26.6 Å². The van der Waals surface area contributed by atoms with E-state index in [1.807, 2.05) is 60.7 Å². The molecule has 2 aromatic carbocycles. The summed E-state index contributed by atoms with van der Waals surface area (Å²) >= 11 is 3.05. The number of amides is 2. The molecule has 0 saturated carbocycles. The van der Waals surface area contributed by atoms with E-state index in [2.05, 4.69) is 20.7 Å². The molecule has 9 heteroatoms. The Morgan fingerprint density at radius 1 is 0.970 bits per heavy atom. The van der Waals surface area contributed by atoms with Crippen LogP contribution in [0.25, 0.3) is 20.1 Å². The second kappa shape index (κ2) is 9.35. The van der Waals surface area contributed by atoms with Gasteiger partial charge in [0.15, 0.2) is 0 Å². The smallest absolute Gasteiger partial charge is 0.261 e. The number of nitrogens with one attached hydrogen (secondary N) is 2. The van der Waals surface area contributed by atoms with Crippen molar-refractivity contribution in [3.8, 4) is 9.88 Å². The third kappa shape index (κ3) is 5.00. The fourth-order valence-electron chi connectivity index (χ4n) is 3.32. The number of rotatable bonds is 7. The maximum atomic E-state index is 12.7. The summed E-state index contributed by atoms with van der Waals surface area (Å²) in [5, 5.41) is 10.8. The number of aromatic nitrogens is 3. The SMILES string of the molecule is O=C(Cn1cccn1)Nc1cccc(CNC(=O)c2ccc(-c3nc4ccccc4s3)s2)c1. The van der Waals surface area contributed by atoms with Crippen molar-refractivity contribution in [3.63, 3.8) is 0 Å². The lowest BCUT2D eigenvalue weighted by atomic mass is 10.2. The van der Waals surface area contributed by atoms with Gasteiger partial charge in [-0.3, -0.25) is 14.3 Å². The average Bonchev–Trinajstić information content (AvgIpc) is 3.57. The van der Waals surface area contributed by atoms with Crippen LogP contribution in [0.1, 0.15) is 15.2 Å². The van der Waals surface area contributed by atoms with Crippen LogP contribution in [-0.2, 0) is 17.9 Å². The van der Waals surface area contributed by atoms with Crippen molar-refractivity contribution in [2.45, 2.75) is 13.1 Å². The molecule has 0 saturated heterocycles. The molecule has 3 heterocycles. The van der Waals surface area contributed by atoms with Crippen molar-refractivity contribution >= 4 is 50.4 Å². The minimum Gasteiger partial charge on any atom is -0.347 e. The minimum atomic E-state index is -0.166. The first-order chi connectivity index (χ1) is 16.1. The van der Waals surface area contributed by atoms with E-state index in [9.17, 15) is 9.59 Å². The number of fused-ring (bicyclic) bond motifs is 1. The van der Waals surface area contributed by atoms with E-state index in [4.69, 9.17) is 0 Å². The van der Waals surface area contributed by atoms with Gasteiger partial charge in [-0.1, -0.05) is 24.3 Å². The van der Waals surface area contributed by atoms with Gasteiger partial charge in [-0.2, -0.15) is 5.10 Å². The van der Waals surface area contributed by atoms with Gasteiger partial charge >= 0.3 is 0 Å². The minimum absolute atomic E-state index is 0.138. The van der Waals surface area contributed by atoms with Gasteiger partial charge in [-0.05, 0) is 48.0 Å². The largest absolute Gasteiger partial charge is 0.347 e. The number of para-hydroxylation sites is 1. The number of carbonyl (C=O) groups is 2. The van der Waals surface area contributed by atoms with E-state index in [0.717, 1.165) is 25.7 Å². The maximum Gasteiger partial charge on any atom is 0.261 e. The zero-order chi connectivity index (χ0) is 22.6. The number of hydrogen-bond donors (Lipinski definition) is 2. The molecule has 164 valence electrons. The first kappa shape index (κ1) is 21.0. The number of carbonyl (C=O) groups excluding carboxylic acids is 2. The van der Waals surface area contributed by atoms with Crippen LogP contribution in [0.15, 0.2) is 79.1 Å². The lowest BCUT2D eigenvalue weighted by Gasteiger charge is -2.08. The fourth-order valence-corrected chi connectivity index (χ4v) is 5.27. The van der Waals surface area contributed by atoms with Gasteiger partial charge in [0.1, 0.15) is 11.6 Å². The Kier molecular flexibility index (Phi) is 5.97. The van der Waals surface area contributed by atoms with Gasteiger partial charge < -0.3 is 10.6 Å². The molecule has 2 amide bonds. The van der Waals surface area contributed by atoms with Crippen LogP contribution in [0.3, 0.4) is 0 Å². The van der Waals surface area contributed by atoms with Crippen molar-refractivity contribution in [1.29, 1.82) is 0 Å². The number of anilines is 1. The van der Waals surface area contributed by atoms with E-state index in [0.29, 0.717) is 17.1 Å². The van der Waals surface area contributed by atoms with Crippen LogP contribution in [0.4, 0.5) is 5.69 Å². The molecule has 5 rings (SSSR count). The lowest BCUT2D eigenvalue weighted by Crippen LogP contribution is -2.22. The Hall–Kier alpha value is -3.82. The summed E-state index contributed by atoms with van der Waals surface area (Å²) in [7, 11) is 0. The van der Waals surface area contributed by atoms with Crippen LogP contribution >= 0.6 is 22.7 Å². The molecule has 0 bridgehead atoms. The molecule has 0 spiro atoms. The monoisotopic (exact) mass is 473 g/mol. The van der Waals surface area contributed by atoms with Gasteiger partial charge in [-0.15, -0.1) is 22.7 Å². The molecule has 0 aliphatic heterocycles. The average molecular weight is 474 g/mol. The fraction of sp³-hybridized carbons (Fsp3) is 0.0833. The highest BCUT2D eigenvalue weighted by Gasteiger charge is 2.13. The van der Waals surface area contributed by atoms with Crippen LogP contribution in [0, 0.1) is 0 Å². The molecule has 33 heavy (non-hydrogen) atoms. The van der Waals surface area contributed by atoms with Crippen LogP contribution < -0.4 is 10.6 Å². The Labute approximate surface area is 197 Å². The number of thiazole rings is 1. The van der Waals surface area contributed by atoms with Crippen LogP contribution in [0.5, 0.6) is 0 Å². The molecular formula is C24H19N5O2S2. The Balaban J connectivity index is 1.20. The van der Waals surface area contributed by atoms with Crippen molar-refractivity contribution in [2.75, 3.05) is 5.32 Å². The molecule has 2 N–H and O–H groups in total. The molecule has 0 radical (unpaired) electrons. The zero-order valence-corrected chi connectivity index (χ0v) is 19.0. The molecule has 0 fully saturated rings. The van der Waals surface area contributed by atoms with Crippen molar-refractivity contribution in [1.82, 2.24) is 20.1 Å². The molecular weight excluding hydrogens is 454 g/mol. The summed E-state index contributed by atoms with van der Waals surface area (Å²) in [6.45, 7) is 0.499. The summed E-state index contributed by atoms with van der Waals surface area (Å²) < 4.78 is 2.69. The second-order valence-electron chi connectivity index (χ2n) is 7.29. The zero-order valence-electron chi connectivity index (χ0n) is 17.4. The highest BCUT2D eigenvalue weighted by molar-refractivity contribution is 7.26. The Morgan fingerprint density at radius 2 is 1.88 bits per heavy atom. The molecule has 0 unspecified atom stereocenters. The first-order valence-corrected chi connectivity index (χ1v) is 11.9. The summed E-state index contributed by atoms with van der Waals surface area (Å²) in [6.07, 6.45) is 3.37. The molecule has 0 atom stereocenters. The lowest BCUT2D eigenvalue weighted by molar-refractivity contribution is -0.116. The van der Waals surface area contributed by atoms with Gasteiger partial charge in [0, 0.05) is 24.6 Å². The highest BCUT2D eigenvalue weighted by Crippen LogP contribution is 2.34. The van der Waals surface area contributed by atoms with E-state index in [-0.39, 0.29) is 18.4 Å². The Morgan fingerprint density at radius 3 is 2.73 bits per heavy atom. The Bertz CT molecular complexity index is 1390. The molecule has 0 aliphatic rings. The van der Waals surface area contributed by atoms with Crippen molar-refractivity contribution in [3.05, 3.63) is 89.6 Å². The normalized spacial score (nSPS) is 10.9. The highest BCUT2D eigenvalue weighted by atomic mass is 32.1. The quantitative estimate of drug-likeness (QED) is 0.356. The van der Waals surface area contributed by atoms with Gasteiger partial charge in [0.25, 0.3) is 5.91 Å².